The van der Waals surface area contributed by atoms with E-state index in [1.54, 1.807) is 0 Å². The molecule has 7 heteroatoms. The van der Waals surface area contributed by atoms with Crippen molar-refractivity contribution in [1.29, 1.82) is 0 Å². The van der Waals surface area contributed by atoms with Crippen LogP contribution in [0.3, 0.4) is 0 Å². The van der Waals surface area contributed by atoms with Crippen LogP contribution in [0, 0.1) is 11.8 Å². The van der Waals surface area contributed by atoms with Crippen LogP contribution in [0.5, 0.6) is 0 Å². The van der Waals surface area contributed by atoms with Crippen molar-refractivity contribution in [2.24, 2.45) is 11.8 Å². The average molecular weight is 427 g/mol. The number of alkyl halides is 1. The molecular weight excluding hydrogens is 409 g/mol. The third kappa shape index (κ3) is 2.07. The Labute approximate surface area is 135 Å². The molecule has 0 bridgehead atoms. The van der Waals surface area contributed by atoms with Crippen LogP contribution < -0.4 is 5.32 Å². The van der Waals surface area contributed by atoms with Crippen LogP contribution >= 0.6 is 11.6 Å². The van der Waals surface area contributed by atoms with Crippen molar-refractivity contribution in [2.45, 2.75) is 41.3 Å². The van der Waals surface area contributed by atoms with Gasteiger partial charge in [-0.15, -0.1) is 0 Å². The second kappa shape index (κ2) is 5.73. The van der Waals surface area contributed by atoms with Crippen LogP contribution in [0.15, 0.2) is 12.2 Å². The molecule has 1 amide bonds. The van der Waals surface area contributed by atoms with Crippen molar-refractivity contribution in [3.05, 3.63) is 12.2 Å². The first-order valence-electron chi connectivity index (χ1n) is 7.22. The van der Waals surface area contributed by atoms with Gasteiger partial charge in [-0.3, -0.25) is 0 Å². The molecular formula is C14H18ClNO4Te. The zero-order chi connectivity index (χ0) is 15.2. The summed E-state index contributed by atoms with van der Waals surface area (Å²) in [4.78, 5) is 24.5. The Bertz CT molecular complexity index is 537. The molecule has 1 unspecified atom stereocenters. The van der Waals surface area contributed by atoms with E-state index in [0.717, 1.165) is 19.3 Å². The summed E-state index contributed by atoms with van der Waals surface area (Å²) in [5, 5.41) is 13.4. The fourth-order valence-corrected chi connectivity index (χ4v) is 9.48. The van der Waals surface area contributed by atoms with E-state index in [0.29, 0.717) is 6.42 Å². The summed E-state index contributed by atoms with van der Waals surface area (Å²) in [6, 6.07) is -0.490. The van der Waals surface area contributed by atoms with Crippen LogP contribution in [0.25, 0.3) is 0 Å². The van der Waals surface area contributed by atoms with E-state index in [1.165, 1.54) is 0 Å². The van der Waals surface area contributed by atoms with Gasteiger partial charge in [0, 0.05) is 0 Å². The fraction of sp³-hybridized carbons (Fsp3) is 0.714. The van der Waals surface area contributed by atoms with E-state index < -0.39 is 47.0 Å². The number of aliphatic hydroxyl groups excluding tert-OH is 1. The minimum absolute atomic E-state index is 0.188. The number of β-lactam (4-membered cyclic amide) rings is 1. The molecule has 2 saturated heterocycles. The Hall–Kier alpha value is -0.280. The predicted molar refractivity (Wildman–Crippen MR) is 77.4 cm³/mol. The van der Waals surface area contributed by atoms with Crippen LogP contribution in [-0.4, -0.2) is 52.4 Å². The predicted octanol–water partition coefficient (Wildman–Crippen LogP) is 0.731. The summed E-state index contributed by atoms with van der Waals surface area (Å²) in [6.45, 7) is 0. The van der Waals surface area contributed by atoms with Gasteiger partial charge in [-0.2, -0.15) is 0 Å². The van der Waals surface area contributed by atoms with E-state index in [-0.39, 0.29) is 15.6 Å². The monoisotopic (exact) mass is 429 g/mol. The Morgan fingerprint density at radius 2 is 2.29 bits per heavy atom. The summed E-state index contributed by atoms with van der Waals surface area (Å²) in [5.41, 5.74) is 0. The Balaban J connectivity index is 1.95. The first kappa shape index (κ1) is 15.6. The van der Waals surface area contributed by atoms with E-state index in [9.17, 15) is 17.8 Å². The number of hydrogen-bond donors (Lipinski definition) is 2. The van der Waals surface area contributed by atoms with Crippen molar-refractivity contribution in [2.75, 3.05) is 5.88 Å². The van der Waals surface area contributed by atoms with Gasteiger partial charge in [0.15, 0.2) is 0 Å². The van der Waals surface area contributed by atoms with E-state index >= 15 is 0 Å². The third-order valence-electron chi connectivity index (χ3n) is 4.85. The second-order valence-electron chi connectivity index (χ2n) is 5.88. The third-order valence-corrected chi connectivity index (χ3v) is 10.7. The maximum atomic E-state index is 12.7. The molecule has 2 N–H and O–H groups in total. The van der Waals surface area contributed by atoms with E-state index in [1.807, 2.05) is 12.2 Å². The first-order chi connectivity index (χ1) is 10.0. The van der Waals surface area contributed by atoms with Crippen molar-refractivity contribution in [3.8, 4) is 0 Å². The second-order valence-corrected chi connectivity index (χ2v) is 10.9. The number of hydrogen-bond acceptors (Lipinski definition) is 4. The van der Waals surface area contributed by atoms with Gasteiger partial charge < -0.3 is 0 Å². The van der Waals surface area contributed by atoms with Gasteiger partial charge in [0.05, 0.1) is 0 Å². The summed E-state index contributed by atoms with van der Waals surface area (Å²) in [7, 11) is 0. The number of aliphatic hydroxyl groups is 1. The fourth-order valence-electron chi connectivity index (χ4n) is 3.71. The molecule has 0 spiro atoms. The molecule has 5 nitrogen and oxygen atoms in total. The van der Waals surface area contributed by atoms with Crippen LogP contribution in [0.1, 0.15) is 25.7 Å². The number of fused-ring (bicyclic) bond motifs is 1. The Kier molecular flexibility index (Phi) is 4.26. The van der Waals surface area contributed by atoms with Gasteiger partial charge in [0.2, 0.25) is 0 Å². The number of amides is 1. The molecule has 21 heavy (non-hydrogen) atoms. The molecule has 116 valence electrons. The number of carbonyl (C=O) groups is 2. The Morgan fingerprint density at radius 3 is 2.86 bits per heavy atom. The van der Waals surface area contributed by atoms with Crippen molar-refractivity contribution < 1.29 is 17.8 Å². The zero-order valence-corrected chi connectivity index (χ0v) is 14.5. The van der Waals surface area contributed by atoms with Crippen LogP contribution in [0.4, 0.5) is 0 Å². The topological polar surface area (TPSA) is 83.5 Å². The van der Waals surface area contributed by atoms with E-state index in [2.05, 4.69) is 5.32 Å². The number of carbonyl (C=O) groups excluding carboxylic acids is 2. The molecule has 3 rings (SSSR count). The van der Waals surface area contributed by atoms with Gasteiger partial charge in [-0.25, -0.2) is 0 Å². The van der Waals surface area contributed by atoms with Crippen molar-refractivity contribution in [3.63, 3.8) is 0 Å². The average Bonchev–Trinajstić information content (AvgIpc) is 2.66. The molecule has 0 aromatic rings. The number of nitrogens with one attached hydrogen (secondary N) is 1. The molecule has 0 aromatic heterocycles. The van der Waals surface area contributed by atoms with Gasteiger partial charge >= 0.3 is 135 Å². The molecule has 3 aliphatic rings. The maximum absolute atomic E-state index is 12.7. The number of allylic oxidation sites excluding steroid dienone is 1. The van der Waals surface area contributed by atoms with Gasteiger partial charge in [0.25, 0.3) is 0 Å². The van der Waals surface area contributed by atoms with Crippen LogP contribution in [0.2, 0.25) is 3.46 Å². The van der Waals surface area contributed by atoms with Gasteiger partial charge in [-0.05, 0) is 0 Å². The molecule has 2 aliphatic heterocycles. The zero-order valence-electron chi connectivity index (χ0n) is 11.5. The Morgan fingerprint density at radius 1 is 1.52 bits per heavy atom. The molecule has 1 aliphatic carbocycles. The molecule has 2 heterocycles. The molecule has 5 atom stereocenters. The standard InChI is InChI=1S/C14H18ClNO4Te/c15-7-6-9-10-14(13(19)16-10,21(20)12(9)18)11(17)8-4-2-1-3-5-8/h2,4,8-11,17H,1,3,5-7H2,(H,16,19)/t8-,9?,10+,11+,14+/m1/s1. The molecule has 0 saturated carbocycles. The SMILES string of the molecule is O=C1C(CCCl)[C@@H]2NC(=O)[C@]2([C@@H](O)[C@@H]2C=CCCC2)[Te]1=O. The minimum atomic E-state index is -3.62. The summed E-state index contributed by atoms with van der Waals surface area (Å²) >= 11 is 2.10. The molecule has 0 radical (unpaired) electrons. The van der Waals surface area contributed by atoms with E-state index in [4.69, 9.17) is 11.6 Å². The van der Waals surface area contributed by atoms with Crippen molar-refractivity contribution >= 4 is 40.9 Å². The number of rotatable bonds is 4. The van der Waals surface area contributed by atoms with Gasteiger partial charge in [-0.1, -0.05) is 0 Å². The molecule has 0 aromatic carbocycles. The van der Waals surface area contributed by atoms with Crippen molar-refractivity contribution in [1.82, 2.24) is 5.32 Å². The summed E-state index contributed by atoms with van der Waals surface area (Å²) in [6.07, 6.45) is 5.93. The number of halogens is 1. The summed E-state index contributed by atoms with van der Waals surface area (Å²) < 4.78 is 11.0. The molecule has 2 fully saturated rings. The van der Waals surface area contributed by atoms with Crippen LogP contribution in [-0.2, 0) is 12.7 Å². The van der Waals surface area contributed by atoms with Gasteiger partial charge in [0.1, 0.15) is 0 Å². The summed E-state index contributed by atoms with van der Waals surface area (Å²) in [5.74, 6) is -0.801. The quantitative estimate of drug-likeness (QED) is 0.300. The first-order valence-corrected chi connectivity index (χ1v) is 11.0. The normalized spacial score (nSPS) is 40.6.